The molecule has 2 heterocycles. The van der Waals surface area contributed by atoms with Crippen LogP contribution in [0, 0.1) is 0 Å². The number of hydrogen-bond donors (Lipinski definition) is 1. The zero-order valence-corrected chi connectivity index (χ0v) is 14.1. The molecule has 1 aromatic heterocycles. The van der Waals surface area contributed by atoms with Gasteiger partial charge in [-0.15, -0.1) is 0 Å². The van der Waals surface area contributed by atoms with Gasteiger partial charge in [-0.05, 0) is 37.1 Å². The molecule has 0 saturated carbocycles. The molecule has 0 bridgehead atoms. The zero-order chi connectivity index (χ0) is 17.5. The Kier molecular flexibility index (Phi) is 5.85. The minimum absolute atomic E-state index is 0.0711. The topological polar surface area (TPSA) is 77.7 Å². The first-order valence-corrected chi connectivity index (χ1v) is 8.53. The van der Waals surface area contributed by atoms with E-state index in [1.165, 1.54) is 0 Å². The highest BCUT2D eigenvalue weighted by Crippen LogP contribution is 2.15. The van der Waals surface area contributed by atoms with Crippen LogP contribution in [0.25, 0.3) is 0 Å². The van der Waals surface area contributed by atoms with Gasteiger partial charge in [0.25, 0.3) is 5.91 Å². The van der Waals surface area contributed by atoms with Gasteiger partial charge in [0, 0.05) is 13.2 Å². The van der Waals surface area contributed by atoms with Crippen molar-refractivity contribution >= 4 is 11.7 Å². The molecule has 0 spiro atoms. The first kappa shape index (κ1) is 17.2. The quantitative estimate of drug-likeness (QED) is 0.836. The summed E-state index contributed by atoms with van der Waals surface area (Å²) in [6.07, 6.45) is 2.07. The highest BCUT2D eigenvalue weighted by atomic mass is 16.5. The van der Waals surface area contributed by atoms with Crippen molar-refractivity contribution in [2.45, 2.75) is 18.9 Å². The van der Waals surface area contributed by atoms with Crippen molar-refractivity contribution in [1.29, 1.82) is 0 Å². The summed E-state index contributed by atoms with van der Waals surface area (Å²) in [4.78, 5) is 18.7. The Labute approximate surface area is 147 Å². The van der Waals surface area contributed by atoms with Gasteiger partial charge in [0.2, 0.25) is 0 Å². The fourth-order valence-corrected chi connectivity index (χ4v) is 2.83. The van der Waals surface area contributed by atoms with E-state index >= 15 is 0 Å². The van der Waals surface area contributed by atoms with E-state index < -0.39 is 0 Å². The van der Waals surface area contributed by atoms with Crippen molar-refractivity contribution < 1.29 is 14.3 Å². The van der Waals surface area contributed by atoms with Gasteiger partial charge in [-0.3, -0.25) is 4.79 Å². The van der Waals surface area contributed by atoms with Gasteiger partial charge in [-0.1, -0.05) is 24.3 Å². The third-order valence-electron chi connectivity index (χ3n) is 4.10. The van der Waals surface area contributed by atoms with E-state index in [0.717, 1.165) is 25.2 Å². The average molecular weight is 341 g/mol. The first-order valence-electron chi connectivity index (χ1n) is 8.53. The number of nitrogens with two attached hydrogens (primary N) is 1. The maximum atomic E-state index is 12.8. The van der Waals surface area contributed by atoms with Gasteiger partial charge in [0.15, 0.2) is 0 Å². The predicted molar refractivity (Wildman–Crippen MR) is 95.5 cm³/mol. The van der Waals surface area contributed by atoms with Crippen LogP contribution >= 0.6 is 0 Å². The number of nitrogen functional groups attached to an aromatic ring is 1. The van der Waals surface area contributed by atoms with Gasteiger partial charge in [0.1, 0.15) is 23.9 Å². The van der Waals surface area contributed by atoms with Crippen LogP contribution in [0.15, 0.2) is 48.5 Å². The van der Waals surface area contributed by atoms with Crippen LogP contribution < -0.4 is 10.5 Å². The van der Waals surface area contributed by atoms with Crippen LogP contribution in [-0.4, -0.2) is 48.2 Å². The van der Waals surface area contributed by atoms with Gasteiger partial charge >= 0.3 is 0 Å². The summed E-state index contributed by atoms with van der Waals surface area (Å²) in [7, 11) is 0. The molecule has 1 aromatic carbocycles. The minimum Gasteiger partial charge on any atom is -0.492 e. The molecule has 1 saturated heterocycles. The number of para-hydroxylation sites is 1. The Balaban J connectivity index is 1.64. The maximum absolute atomic E-state index is 12.8. The summed E-state index contributed by atoms with van der Waals surface area (Å²) in [6, 6.07) is 14.6. The summed E-state index contributed by atoms with van der Waals surface area (Å²) in [6.45, 7) is 2.16. The molecule has 1 unspecified atom stereocenters. The first-order chi connectivity index (χ1) is 12.2. The highest BCUT2D eigenvalue weighted by Gasteiger charge is 2.24. The van der Waals surface area contributed by atoms with E-state index in [4.69, 9.17) is 15.2 Å². The van der Waals surface area contributed by atoms with Crippen molar-refractivity contribution in [2.24, 2.45) is 0 Å². The largest absolute Gasteiger partial charge is 0.492 e. The molecular formula is C19H23N3O3. The van der Waals surface area contributed by atoms with Crippen LogP contribution in [-0.2, 0) is 4.74 Å². The fourth-order valence-electron chi connectivity index (χ4n) is 2.83. The third-order valence-corrected chi connectivity index (χ3v) is 4.10. The lowest BCUT2D eigenvalue weighted by Crippen LogP contribution is -2.40. The molecular weight excluding hydrogens is 318 g/mol. The maximum Gasteiger partial charge on any atom is 0.272 e. The summed E-state index contributed by atoms with van der Waals surface area (Å²) >= 11 is 0. The molecule has 1 aliphatic rings. The van der Waals surface area contributed by atoms with Crippen molar-refractivity contribution in [3.63, 3.8) is 0 Å². The second kappa shape index (κ2) is 8.48. The van der Waals surface area contributed by atoms with E-state index in [2.05, 4.69) is 4.98 Å². The molecule has 1 amide bonds. The number of carbonyl (C=O) groups excluding carboxylic acids is 1. The van der Waals surface area contributed by atoms with Crippen molar-refractivity contribution in [3.8, 4) is 5.75 Å². The Morgan fingerprint density at radius 2 is 2.08 bits per heavy atom. The van der Waals surface area contributed by atoms with Gasteiger partial charge < -0.3 is 20.1 Å². The van der Waals surface area contributed by atoms with Crippen LogP contribution in [0.4, 0.5) is 5.82 Å². The lowest BCUT2D eigenvalue weighted by atomic mass is 10.2. The Morgan fingerprint density at radius 3 is 2.80 bits per heavy atom. The number of rotatable bonds is 7. The van der Waals surface area contributed by atoms with Crippen LogP contribution in [0.5, 0.6) is 5.75 Å². The monoisotopic (exact) mass is 341 g/mol. The van der Waals surface area contributed by atoms with E-state index in [9.17, 15) is 4.79 Å². The van der Waals surface area contributed by atoms with Gasteiger partial charge in [-0.2, -0.15) is 0 Å². The molecule has 1 atom stereocenters. The van der Waals surface area contributed by atoms with E-state index in [-0.39, 0.29) is 12.0 Å². The Bertz CT molecular complexity index is 687. The third kappa shape index (κ3) is 4.93. The molecule has 0 aliphatic carbocycles. The molecule has 132 valence electrons. The molecule has 2 aromatic rings. The van der Waals surface area contributed by atoms with Crippen molar-refractivity contribution in [2.75, 3.05) is 32.0 Å². The number of aromatic nitrogens is 1. The van der Waals surface area contributed by atoms with Crippen LogP contribution in [0.2, 0.25) is 0 Å². The molecule has 3 rings (SSSR count). The molecule has 1 fully saturated rings. The standard InChI is InChI=1S/C19H23N3O3/c20-18-10-4-9-17(21-18)19(23)22(14-16-8-5-12-24-16)11-13-25-15-6-2-1-3-7-15/h1-4,6-7,9-10,16H,5,8,11-14H2,(H2,20,21). The Morgan fingerprint density at radius 1 is 1.24 bits per heavy atom. The SMILES string of the molecule is Nc1cccc(C(=O)N(CCOc2ccccc2)CC2CCCO2)n1. The average Bonchev–Trinajstić information content (AvgIpc) is 3.14. The lowest BCUT2D eigenvalue weighted by molar-refractivity contribution is 0.0489. The number of amides is 1. The zero-order valence-electron chi connectivity index (χ0n) is 14.1. The second-order valence-electron chi connectivity index (χ2n) is 6.00. The number of pyridine rings is 1. The molecule has 6 nitrogen and oxygen atoms in total. The van der Waals surface area contributed by atoms with E-state index in [1.807, 2.05) is 30.3 Å². The number of anilines is 1. The van der Waals surface area contributed by atoms with Gasteiger partial charge in [0.05, 0.1) is 12.6 Å². The van der Waals surface area contributed by atoms with E-state index in [0.29, 0.717) is 31.2 Å². The molecule has 2 N–H and O–H groups in total. The summed E-state index contributed by atoms with van der Waals surface area (Å²) in [5.74, 6) is 0.969. The summed E-state index contributed by atoms with van der Waals surface area (Å²) in [5, 5.41) is 0. The molecule has 6 heteroatoms. The number of ether oxygens (including phenoxy) is 2. The van der Waals surface area contributed by atoms with Crippen molar-refractivity contribution in [1.82, 2.24) is 9.88 Å². The predicted octanol–water partition coefficient (Wildman–Crippen LogP) is 2.36. The number of carbonyl (C=O) groups is 1. The van der Waals surface area contributed by atoms with Crippen molar-refractivity contribution in [3.05, 3.63) is 54.2 Å². The smallest absolute Gasteiger partial charge is 0.272 e. The molecule has 0 radical (unpaired) electrons. The number of nitrogens with zero attached hydrogens (tertiary/aromatic N) is 2. The number of hydrogen-bond acceptors (Lipinski definition) is 5. The van der Waals surface area contributed by atoms with E-state index in [1.54, 1.807) is 23.1 Å². The summed E-state index contributed by atoms with van der Waals surface area (Å²) < 4.78 is 11.4. The van der Waals surface area contributed by atoms with Gasteiger partial charge in [-0.25, -0.2) is 4.98 Å². The summed E-state index contributed by atoms with van der Waals surface area (Å²) in [5.41, 5.74) is 6.05. The Hall–Kier alpha value is -2.60. The lowest BCUT2D eigenvalue weighted by Gasteiger charge is -2.25. The number of benzene rings is 1. The molecule has 1 aliphatic heterocycles. The van der Waals surface area contributed by atoms with Crippen LogP contribution in [0.3, 0.4) is 0 Å². The highest BCUT2D eigenvalue weighted by molar-refractivity contribution is 5.92. The minimum atomic E-state index is -0.153. The second-order valence-corrected chi connectivity index (χ2v) is 6.00. The fraction of sp³-hybridized carbons (Fsp3) is 0.368. The van der Waals surface area contributed by atoms with Crippen LogP contribution in [0.1, 0.15) is 23.3 Å². The molecule has 25 heavy (non-hydrogen) atoms. The normalized spacial score (nSPS) is 16.6.